The standard InChI is InChI=1S/C23H26F2N2O2/c1-15(2)21(16-5-9-19(24)10-6-16)26-22(28)18-4-3-13-27(14-18)23(29)17-7-11-20(25)12-8-17/h5-12,15,18,21H,3-4,13-14H2,1-2H3,(H,26,28). The van der Waals surface area contributed by atoms with Gasteiger partial charge in [-0.15, -0.1) is 0 Å². The molecule has 29 heavy (non-hydrogen) atoms. The third kappa shape index (κ3) is 5.19. The van der Waals surface area contributed by atoms with Gasteiger partial charge in [-0.3, -0.25) is 9.59 Å². The van der Waals surface area contributed by atoms with Gasteiger partial charge in [0.2, 0.25) is 5.91 Å². The average molecular weight is 400 g/mol. The van der Waals surface area contributed by atoms with Crippen LogP contribution < -0.4 is 5.32 Å². The van der Waals surface area contributed by atoms with E-state index in [1.54, 1.807) is 17.0 Å². The van der Waals surface area contributed by atoms with E-state index in [9.17, 15) is 18.4 Å². The summed E-state index contributed by atoms with van der Waals surface area (Å²) in [4.78, 5) is 27.3. The van der Waals surface area contributed by atoms with Crippen molar-refractivity contribution in [1.82, 2.24) is 10.2 Å². The van der Waals surface area contributed by atoms with E-state index < -0.39 is 5.82 Å². The zero-order valence-corrected chi connectivity index (χ0v) is 16.7. The largest absolute Gasteiger partial charge is 0.349 e. The fourth-order valence-corrected chi connectivity index (χ4v) is 3.73. The number of benzene rings is 2. The lowest BCUT2D eigenvalue weighted by Crippen LogP contribution is -2.46. The highest BCUT2D eigenvalue weighted by atomic mass is 19.1. The van der Waals surface area contributed by atoms with Crippen LogP contribution in [0.3, 0.4) is 0 Å². The molecule has 1 heterocycles. The summed E-state index contributed by atoms with van der Waals surface area (Å²) in [6, 6.07) is 11.4. The Labute approximate surface area is 169 Å². The Morgan fingerprint density at radius 3 is 2.17 bits per heavy atom. The van der Waals surface area contributed by atoms with Crippen LogP contribution in [0.4, 0.5) is 8.78 Å². The molecular formula is C23H26F2N2O2. The first-order valence-corrected chi connectivity index (χ1v) is 9.96. The van der Waals surface area contributed by atoms with E-state index >= 15 is 0 Å². The van der Waals surface area contributed by atoms with Crippen molar-refractivity contribution in [2.45, 2.75) is 32.7 Å². The molecule has 4 nitrogen and oxygen atoms in total. The number of carbonyl (C=O) groups excluding carboxylic acids is 2. The minimum atomic E-state index is -0.391. The fourth-order valence-electron chi connectivity index (χ4n) is 3.73. The van der Waals surface area contributed by atoms with E-state index in [1.807, 2.05) is 13.8 Å². The van der Waals surface area contributed by atoms with E-state index in [-0.39, 0.29) is 35.5 Å². The second kappa shape index (κ2) is 9.16. The van der Waals surface area contributed by atoms with Crippen molar-refractivity contribution < 1.29 is 18.4 Å². The van der Waals surface area contributed by atoms with Gasteiger partial charge >= 0.3 is 0 Å². The third-order valence-electron chi connectivity index (χ3n) is 5.36. The van der Waals surface area contributed by atoms with Gasteiger partial charge in [-0.05, 0) is 60.7 Å². The van der Waals surface area contributed by atoms with Crippen LogP contribution in [0.15, 0.2) is 48.5 Å². The zero-order valence-electron chi connectivity index (χ0n) is 16.7. The minimum absolute atomic E-state index is 0.107. The van der Waals surface area contributed by atoms with Crippen molar-refractivity contribution in [2.24, 2.45) is 11.8 Å². The predicted octanol–water partition coefficient (Wildman–Crippen LogP) is 4.33. The Bertz CT molecular complexity index is 850. The quantitative estimate of drug-likeness (QED) is 0.812. The summed E-state index contributed by atoms with van der Waals surface area (Å²) in [6.45, 7) is 4.90. The molecule has 2 unspecified atom stereocenters. The average Bonchev–Trinajstić information content (AvgIpc) is 2.72. The SMILES string of the molecule is CC(C)C(NC(=O)C1CCCN(C(=O)c2ccc(F)cc2)C1)c1ccc(F)cc1. The van der Waals surface area contributed by atoms with Gasteiger partial charge in [0, 0.05) is 18.7 Å². The summed E-state index contributed by atoms with van der Waals surface area (Å²) in [5.41, 5.74) is 1.27. The van der Waals surface area contributed by atoms with Crippen molar-refractivity contribution in [1.29, 1.82) is 0 Å². The summed E-state index contributed by atoms with van der Waals surface area (Å²) in [6.07, 6.45) is 1.43. The Balaban J connectivity index is 1.67. The van der Waals surface area contributed by atoms with E-state index in [0.717, 1.165) is 12.0 Å². The topological polar surface area (TPSA) is 49.4 Å². The minimum Gasteiger partial charge on any atom is -0.349 e. The molecule has 1 aliphatic heterocycles. The number of hydrogen-bond donors (Lipinski definition) is 1. The Hall–Kier alpha value is -2.76. The fraction of sp³-hybridized carbons (Fsp3) is 0.391. The maximum absolute atomic E-state index is 13.2. The van der Waals surface area contributed by atoms with Gasteiger partial charge < -0.3 is 10.2 Å². The first-order valence-electron chi connectivity index (χ1n) is 9.96. The molecule has 3 rings (SSSR count). The smallest absolute Gasteiger partial charge is 0.253 e. The third-order valence-corrected chi connectivity index (χ3v) is 5.36. The molecule has 1 saturated heterocycles. The molecule has 0 aliphatic carbocycles. The van der Waals surface area contributed by atoms with Crippen LogP contribution in [-0.2, 0) is 4.79 Å². The van der Waals surface area contributed by atoms with E-state index in [1.165, 1.54) is 36.4 Å². The lowest BCUT2D eigenvalue weighted by molar-refractivity contribution is -0.127. The van der Waals surface area contributed by atoms with E-state index in [0.29, 0.717) is 25.1 Å². The lowest BCUT2D eigenvalue weighted by Gasteiger charge is -2.33. The van der Waals surface area contributed by atoms with E-state index in [4.69, 9.17) is 0 Å². The molecule has 2 aromatic rings. The van der Waals surface area contributed by atoms with Crippen molar-refractivity contribution in [3.05, 3.63) is 71.3 Å². The Kier molecular flexibility index (Phi) is 6.62. The number of rotatable bonds is 5. The van der Waals surface area contributed by atoms with Gasteiger partial charge in [0.25, 0.3) is 5.91 Å². The summed E-state index contributed by atoms with van der Waals surface area (Å²) < 4.78 is 26.3. The van der Waals surface area contributed by atoms with Gasteiger partial charge in [-0.25, -0.2) is 8.78 Å². The van der Waals surface area contributed by atoms with Crippen LogP contribution in [0.1, 0.15) is 48.7 Å². The maximum Gasteiger partial charge on any atom is 0.253 e. The first kappa shape index (κ1) is 21.0. The molecule has 2 atom stereocenters. The molecule has 0 saturated carbocycles. The van der Waals surface area contributed by atoms with Crippen LogP contribution in [0.2, 0.25) is 0 Å². The van der Waals surface area contributed by atoms with Gasteiger partial charge in [-0.2, -0.15) is 0 Å². The summed E-state index contributed by atoms with van der Waals surface area (Å²) in [5, 5.41) is 3.08. The van der Waals surface area contributed by atoms with Crippen molar-refractivity contribution >= 4 is 11.8 Å². The highest BCUT2D eigenvalue weighted by molar-refractivity contribution is 5.94. The number of likely N-dealkylation sites (tertiary alicyclic amines) is 1. The van der Waals surface area contributed by atoms with Gasteiger partial charge in [0.15, 0.2) is 0 Å². The number of amides is 2. The summed E-state index contributed by atoms with van der Waals surface area (Å²) >= 11 is 0. The van der Waals surface area contributed by atoms with Crippen molar-refractivity contribution in [3.8, 4) is 0 Å². The zero-order chi connectivity index (χ0) is 21.0. The highest BCUT2D eigenvalue weighted by Crippen LogP contribution is 2.25. The molecule has 2 amide bonds. The summed E-state index contributed by atoms with van der Waals surface area (Å²) in [5.74, 6) is -1.19. The number of nitrogens with one attached hydrogen (secondary N) is 1. The number of halogens is 2. The molecule has 154 valence electrons. The van der Waals surface area contributed by atoms with Gasteiger partial charge in [-0.1, -0.05) is 26.0 Å². The number of nitrogens with zero attached hydrogens (tertiary/aromatic N) is 1. The van der Waals surface area contributed by atoms with E-state index in [2.05, 4.69) is 5.32 Å². The van der Waals surface area contributed by atoms with Crippen LogP contribution in [-0.4, -0.2) is 29.8 Å². The molecule has 0 bridgehead atoms. The Morgan fingerprint density at radius 1 is 1.00 bits per heavy atom. The van der Waals surface area contributed by atoms with Crippen molar-refractivity contribution in [3.63, 3.8) is 0 Å². The molecule has 6 heteroatoms. The van der Waals surface area contributed by atoms with Gasteiger partial charge in [0.1, 0.15) is 11.6 Å². The number of carbonyl (C=O) groups is 2. The Morgan fingerprint density at radius 2 is 1.59 bits per heavy atom. The second-order valence-corrected chi connectivity index (χ2v) is 7.88. The van der Waals surface area contributed by atoms with Crippen LogP contribution >= 0.6 is 0 Å². The molecule has 2 aromatic carbocycles. The molecule has 0 aromatic heterocycles. The van der Waals surface area contributed by atoms with Crippen molar-refractivity contribution in [2.75, 3.05) is 13.1 Å². The van der Waals surface area contributed by atoms with Crippen LogP contribution in [0, 0.1) is 23.5 Å². The molecule has 0 spiro atoms. The molecule has 1 N–H and O–H groups in total. The predicted molar refractivity (Wildman–Crippen MR) is 107 cm³/mol. The monoisotopic (exact) mass is 400 g/mol. The maximum atomic E-state index is 13.2. The van der Waals surface area contributed by atoms with Gasteiger partial charge in [0.05, 0.1) is 12.0 Å². The molecule has 1 aliphatic rings. The van der Waals surface area contributed by atoms with Crippen LogP contribution in [0.5, 0.6) is 0 Å². The first-order chi connectivity index (χ1) is 13.8. The molecule has 1 fully saturated rings. The lowest BCUT2D eigenvalue weighted by atomic mass is 9.92. The second-order valence-electron chi connectivity index (χ2n) is 7.88. The normalized spacial score (nSPS) is 17.8. The number of piperidine rings is 1. The molecular weight excluding hydrogens is 374 g/mol. The molecule has 0 radical (unpaired) electrons. The highest BCUT2D eigenvalue weighted by Gasteiger charge is 2.30. The summed E-state index contributed by atoms with van der Waals surface area (Å²) in [7, 11) is 0. The number of hydrogen-bond acceptors (Lipinski definition) is 2. The van der Waals surface area contributed by atoms with Crippen LogP contribution in [0.25, 0.3) is 0 Å².